The van der Waals surface area contributed by atoms with E-state index in [0.717, 1.165) is 18.1 Å². The highest BCUT2D eigenvalue weighted by atomic mass is 16.5. The molecule has 3 N–H and O–H groups in total. The topological polar surface area (TPSA) is 74.8 Å². The van der Waals surface area contributed by atoms with Gasteiger partial charge in [-0.25, -0.2) is 4.79 Å². The smallest absolute Gasteiger partial charge is 0.411 e. The second-order valence-electron chi connectivity index (χ2n) is 7.09. The molecule has 0 spiro atoms. The molecular weight excluding hydrogens is 352 g/mol. The van der Waals surface area contributed by atoms with E-state index in [-0.39, 0.29) is 5.41 Å². The summed E-state index contributed by atoms with van der Waals surface area (Å²) in [5, 5.41) is 9.49. The molecule has 1 aliphatic rings. The molecular formula is C22H28N4O2. The fourth-order valence-electron chi connectivity index (χ4n) is 3.50. The summed E-state index contributed by atoms with van der Waals surface area (Å²) in [5.41, 5.74) is 3.41. The number of rotatable bonds is 6. The lowest BCUT2D eigenvalue weighted by atomic mass is 9.64. The third-order valence-corrected chi connectivity index (χ3v) is 5.36. The van der Waals surface area contributed by atoms with Crippen LogP contribution in [0.1, 0.15) is 30.4 Å². The van der Waals surface area contributed by atoms with Crippen molar-refractivity contribution in [2.24, 2.45) is 4.99 Å². The summed E-state index contributed by atoms with van der Waals surface area (Å²) in [6, 6.07) is 18.4. The monoisotopic (exact) mass is 380 g/mol. The average molecular weight is 380 g/mol. The van der Waals surface area contributed by atoms with Crippen molar-refractivity contribution in [1.82, 2.24) is 10.6 Å². The van der Waals surface area contributed by atoms with Gasteiger partial charge in [0.2, 0.25) is 0 Å². The first-order valence-electron chi connectivity index (χ1n) is 9.59. The quantitative estimate of drug-likeness (QED) is 0.528. The second-order valence-corrected chi connectivity index (χ2v) is 7.09. The van der Waals surface area contributed by atoms with Gasteiger partial charge in [-0.3, -0.25) is 10.3 Å². The molecule has 1 amide bonds. The van der Waals surface area contributed by atoms with Crippen LogP contribution >= 0.6 is 0 Å². The third kappa shape index (κ3) is 4.82. The van der Waals surface area contributed by atoms with E-state index >= 15 is 0 Å². The van der Waals surface area contributed by atoms with Crippen LogP contribution in [-0.4, -0.2) is 32.8 Å². The molecule has 28 heavy (non-hydrogen) atoms. The Labute approximate surface area is 166 Å². The van der Waals surface area contributed by atoms with Crippen molar-refractivity contribution < 1.29 is 9.53 Å². The Bertz CT molecular complexity index is 799. The van der Waals surface area contributed by atoms with Crippen molar-refractivity contribution in [3.63, 3.8) is 0 Å². The first kappa shape index (κ1) is 19.7. The number of nitrogens with one attached hydrogen (secondary N) is 3. The van der Waals surface area contributed by atoms with Crippen LogP contribution in [-0.2, 0) is 16.7 Å². The average Bonchev–Trinajstić information content (AvgIpc) is 2.71. The van der Waals surface area contributed by atoms with Crippen LogP contribution < -0.4 is 16.0 Å². The second kappa shape index (κ2) is 9.26. The molecule has 2 aromatic rings. The number of guanidine groups is 1. The van der Waals surface area contributed by atoms with E-state index in [0.29, 0.717) is 12.2 Å². The van der Waals surface area contributed by atoms with Gasteiger partial charge in [-0.15, -0.1) is 0 Å². The first-order chi connectivity index (χ1) is 13.6. The van der Waals surface area contributed by atoms with Gasteiger partial charge in [0.05, 0.1) is 7.11 Å². The van der Waals surface area contributed by atoms with E-state index in [1.807, 2.05) is 24.3 Å². The summed E-state index contributed by atoms with van der Waals surface area (Å²) < 4.78 is 4.59. The minimum atomic E-state index is -0.473. The molecule has 0 saturated heterocycles. The van der Waals surface area contributed by atoms with Crippen molar-refractivity contribution in [2.75, 3.05) is 26.0 Å². The number of hydrogen-bond acceptors (Lipinski definition) is 3. The molecule has 1 aliphatic carbocycles. The van der Waals surface area contributed by atoms with Gasteiger partial charge < -0.3 is 15.4 Å². The third-order valence-electron chi connectivity index (χ3n) is 5.36. The largest absolute Gasteiger partial charge is 0.453 e. The zero-order valence-corrected chi connectivity index (χ0v) is 16.5. The molecule has 0 aliphatic heterocycles. The van der Waals surface area contributed by atoms with Gasteiger partial charge in [0.15, 0.2) is 5.96 Å². The van der Waals surface area contributed by atoms with Crippen LogP contribution in [0.5, 0.6) is 0 Å². The Morgan fingerprint density at radius 1 is 1.07 bits per heavy atom. The molecule has 0 heterocycles. The van der Waals surface area contributed by atoms with Crippen molar-refractivity contribution >= 4 is 17.7 Å². The van der Waals surface area contributed by atoms with Gasteiger partial charge >= 0.3 is 6.09 Å². The molecule has 148 valence electrons. The van der Waals surface area contributed by atoms with E-state index in [1.54, 1.807) is 7.05 Å². The van der Waals surface area contributed by atoms with E-state index in [1.165, 1.54) is 31.9 Å². The lowest BCUT2D eigenvalue weighted by Crippen LogP contribution is -2.48. The molecule has 0 bridgehead atoms. The maximum atomic E-state index is 11.2. The van der Waals surface area contributed by atoms with Gasteiger partial charge in [0.1, 0.15) is 0 Å². The Hall–Kier alpha value is -3.02. The summed E-state index contributed by atoms with van der Waals surface area (Å²) >= 11 is 0. The van der Waals surface area contributed by atoms with E-state index in [4.69, 9.17) is 0 Å². The number of amides is 1. The summed E-state index contributed by atoms with van der Waals surface area (Å²) in [6.07, 6.45) is 3.21. The fraction of sp³-hybridized carbons (Fsp3) is 0.364. The predicted molar refractivity (Wildman–Crippen MR) is 113 cm³/mol. The Kier molecular flexibility index (Phi) is 6.53. The molecule has 0 radical (unpaired) electrons. The van der Waals surface area contributed by atoms with Crippen LogP contribution in [0.15, 0.2) is 59.6 Å². The molecule has 0 unspecified atom stereocenters. The predicted octanol–water partition coefficient (Wildman–Crippen LogP) is 3.65. The van der Waals surface area contributed by atoms with Crippen molar-refractivity contribution in [2.45, 2.75) is 31.2 Å². The zero-order valence-electron chi connectivity index (χ0n) is 16.5. The number of anilines is 1. The van der Waals surface area contributed by atoms with Crippen LogP contribution in [0.25, 0.3) is 0 Å². The maximum Gasteiger partial charge on any atom is 0.411 e. The normalized spacial score (nSPS) is 15.3. The number of methoxy groups -OCH3 is 1. The standard InChI is InChI=1S/C22H28N4O2/c1-23-20(24-15-17-9-11-19(12-10-17)26-21(27)28-2)25-16-22(13-6-14-22)18-7-4-3-5-8-18/h3-5,7-12H,6,13-16H2,1-2H3,(H,26,27)(H2,23,24,25). The number of carbonyl (C=O) groups excluding carboxylic acids is 1. The number of aliphatic imine (C=N–C) groups is 1. The van der Waals surface area contributed by atoms with Gasteiger partial charge in [0, 0.05) is 31.2 Å². The van der Waals surface area contributed by atoms with Gasteiger partial charge in [-0.2, -0.15) is 0 Å². The Morgan fingerprint density at radius 2 is 1.79 bits per heavy atom. The zero-order chi connectivity index (χ0) is 19.8. The number of ether oxygens (including phenoxy) is 1. The van der Waals surface area contributed by atoms with Gasteiger partial charge in [0.25, 0.3) is 0 Å². The van der Waals surface area contributed by atoms with E-state index < -0.39 is 6.09 Å². The van der Waals surface area contributed by atoms with Gasteiger partial charge in [-0.1, -0.05) is 48.9 Å². The first-order valence-corrected chi connectivity index (χ1v) is 9.59. The minimum absolute atomic E-state index is 0.208. The Morgan fingerprint density at radius 3 is 2.36 bits per heavy atom. The van der Waals surface area contributed by atoms with E-state index in [9.17, 15) is 4.79 Å². The Balaban J connectivity index is 1.52. The highest BCUT2D eigenvalue weighted by Crippen LogP contribution is 2.43. The van der Waals surface area contributed by atoms with Crippen LogP contribution in [0, 0.1) is 0 Å². The maximum absolute atomic E-state index is 11.2. The minimum Gasteiger partial charge on any atom is -0.453 e. The van der Waals surface area contributed by atoms with Crippen LogP contribution in [0.3, 0.4) is 0 Å². The molecule has 1 fully saturated rings. The molecule has 0 aromatic heterocycles. The van der Waals surface area contributed by atoms with Crippen LogP contribution in [0.4, 0.5) is 10.5 Å². The summed E-state index contributed by atoms with van der Waals surface area (Å²) in [4.78, 5) is 15.6. The number of carbonyl (C=O) groups is 1. The summed E-state index contributed by atoms with van der Waals surface area (Å²) in [6.45, 7) is 1.52. The van der Waals surface area contributed by atoms with E-state index in [2.05, 4.69) is 56.0 Å². The molecule has 0 atom stereocenters. The van der Waals surface area contributed by atoms with Crippen molar-refractivity contribution in [3.05, 3.63) is 65.7 Å². The van der Waals surface area contributed by atoms with Crippen LogP contribution in [0.2, 0.25) is 0 Å². The number of hydrogen-bond donors (Lipinski definition) is 3. The van der Waals surface area contributed by atoms with Gasteiger partial charge in [-0.05, 0) is 36.1 Å². The fourth-order valence-corrected chi connectivity index (χ4v) is 3.50. The number of benzene rings is 2. The SMILES string of the molecule is CN=C(NCc1ccc(NC(=O)OC)cc1)NCC1(c2ccccc2)CCC1. The lowest BCUT2D eigenvalue weighted by molar-refractivity contribution is 0.187. The van der Waals surface area contributed by atoms with Crippen molar-refractivity contribution in [1.29, 1.82) is 0 Å². The molecule has 2 aromatic carbocycles. The summed E-state index contributed by atoms with van der Waals surface area (Å²) in [5.74, 6) is 0.791. The number of nitrogens with zero attached hydrogens (tertiary/aromatic N) is 1. The highest BCUT2D eigenvalue weighted by Gasteiger charge is 2.38. The highest BCUT2D eigenvalue weighted by molar-refractivity contribution is 5.84. The summed E-state index contributed by atoms with van der Waals surface area (Å²) in [7, 11) is 3.13. The molecule has 1 saturated carbocycles. The molecule has 3 rings (SSSR count). The van der Waals surface area contributed by atoms with Crippen molar-refractivity contribution in [3.8, 4) is 0 Å². The molecule has 6 heteroatoms. The molecule has 6 nitrogen and oxygen atoms in total. The lowest BCUT2D eigenvalue weighted by Gasteiger charge is -2.43.